The van der Waals surface area contributed by atoms with Gasteiger partial charge < -0.3 is 11.1 Å². The van der Waals surface area contributed by atoms with Gasteiger partial charge in [-0.2, -0.15) is 0 Å². The van der Waals surface area contributed by atoms with Crippen LogP contribution in [0.2, 0.25) is 0 Å². The van der Waals surface area contributed by atoms with Gasteiger partial charge in [-0.1, -0.05) is 0 Å². The second-order valence-corrected chi connectivity index (χ2v) is 0.381. The molecule has 0 rings (SSSR count). The number of nitrogens with one attached hydrogen (secondary N) is 1. The van der Waals surface area contributed by atoms with E-state index in [1.165, 1.54) is 0 Å². The standard InChI is InChI=1S/C2H5N2/c3-1-2-4/h4H,1,3H2. The molecule has 0 saturated heterocycles. The lowest BCUT2D eigenvalue weighted by Crippen LogP contribution is -1.96. The van der Waals surface area contributed by atoms with Gasteiger partial charge in [0, 0.05) is 6.54 Å². The van der Waals surface area contributed by atoms with Gasteiger partial charge in [0.1, 0.15) is 0 Å². The Hall–Kier alpha value is -0.370. The van der Waals surface area contributed by atoms with Gasteiger partial charge in [0.05, 0.1) is 6.21 Å². The Labute approximate surface area is 25.1 Å². The van der Waals surface area contributed by atoms with Gasteiger partial charge in [0.15, 0.2) is 0 Å². The highest BCUT2D eigenvalue weighted by atomic mass is 14.5. The molecule has 0 aromatic heterocycles. The van der Waals surface area contributed by atoms with E-state index < -0.39 is 0 Å². The molecule has 0 heterocycles. The topological polar surface area (TPSA) is 49.9 Å². The van der Waals surface area contributed by atoms with Crippen molar-refractivity contribution in [1.82, 2.24) is 0 Å². The van der Waals surface area contributed by atoms with Crippen LogP contribution in [-0.2, 0) is 0 Å². The summed E-state index contributed by atoms with van der Waals surface area (Å²) in [5.41, 5.74) is 4.73. The maximum atomic E-state index is 6.08. The first kappa shape index (κ1) is 3.63. The lowest BCUT2D eigenvalue weighted by Gasteiger charge is -1.57. The summed E-state index contributed by atoms with van der Waals surface area (Å²) in [4.78, 5) is 0. The Morgan fingerprint density at radius 1 is 2.00 bits per heavy atom. The summed E-state index contributed by atoms with van der Waals surface area (Å²) in [6, 6.07) is 0. The van der Waals surface area contributed by atoms with Crippen LogP contribution >= 0.6 is 0 Å². The molecule has 0 aliphatic carbocycles. The molecule has 0 unspecified atom stereocenters. The smallest absolute Gasteiger partial charge is 0.0670 e. The summed E-state index contributed by atoms with van der Waals surface area (Å²) in [7, 11) is 0. The van der Waals surface area contributed by atoms with Crippen LogP contribution in [0.4, 0.5) is 0 Å². The highest BCUT2D eigenvalue weighted by Crippen LogP contribution is 1.21. The third kappa shape index (κ3) is 1.63. The molecule has 0 bridgehead atoms. The van der Waals surface area contributed by atoms with Crippen LogP contribution in [0, 0.1) is 5.41 Å². The third-order valence-electron chi connectivity index (χ3n) is 0.102. The lowest BCUT2D eigenvalue weighted by molar-refractivity contribution is 1.31. The molecule has 0 amide bonds. The first-order valence-corrected chi connectivity index (χ1v) is 1.01. The van der Waals surface area contributed by atoms with E-state index in [-0.39, 0.29) is 6.54 Å². The highest BCUT2D eigenvalue weighted by molar-refractivity contribution is 5.54. The van der Waals surface area contributed by atoms with E-state index in [1.807, 2.05) is 6.21 Å². The fourth-order valence-electron chi connectivity index (χ4n) is 0. The van der Waals surface area contributed by atoms with Crippen LogP contribution in [0.25, 0.3) is 0 Å². The van der Waals surface area contributed by atoms with E-state index in [0.717, 1.165) is 0 Å². The van der Waals surface area contributed by atoms with Gasteiger partial charge in [-0.15, -0.1) is 0 Å². The molecule has 0 aliphatic rings. The predicted octanol–water partition coefficient (Wildman–Crippen LogP) is -0.528. The normalized spacial score (nSPS) is 6.25. The van der Waals surface area contributed by atoms with Crippen LogP contribution < -0.4 is 5.73 Å². The molecule has 0 saturated carbocycles. The van der Waals surface area contributed by atoms with Gasteiger partial charge in [-0.3, -0.25) is 0 Å². The van der Waals surface area contributed by atoms with Crippen LogP contribution in [0.15, 0.2) is 0 Å². The van der Waals surface area contributed by atoms with E-state index in [2.05, 4.69) is 0 Å². The largest absolute Gasteiger partial charge is 0.325 e. The Kier molecular flexibility index (Phi) is 2.39. The minimum Gasteiger partial charge on any atom is -0.325 e. The molecule has 1 radical (unpaired) electrons. The van der Waals surface area contributed by atoms with Crippen LogP contribution in [0.5, 0.6) is 0 Å². The molecule has 0 atom stereocenters. The minimum absolute atomic E-state index is 0.236. The second-order valence-electron chi connectivity index (χ2n) is 0.381. The van der Waals surface area contributed by atoms with Crippen molar-refractivity contribution >= 4 is 6.21 Å². The number of nitrogens with two attached hydrogens (primary N) is 1. The van der Waals surface area contributed by atoms with Gasteiger partial charge in [-0.25, -0.2) is 0 Å². The summed E-state index contributed by atoms with van der Waals surface area (Å²) in [5, 5.41) is 6.08. The zero-order chi connectivity index (χ0) is 3.41. The van der Waals surface area contributed by atoms with E-state index >= 15 is 0 Å². The Morgan fingerprint density at radius 2 is 2.25 bits per heavy atom. The van der Waals surface area contributed by atoms with Crippen LogP contribution in [-0.4, -0.2) is 12.8 Å². The zero-order valence-corrected chi connectivity index (χ0v) is 2.28. The van der Waals surface area contributed by atoms with E-state index in [4.69, 9.17) is 11.1 Å². The Balaban J connectivity index is 2.30. The number of hydrogen-bond donors (Lipinski definition) is 2. The molecule has 0 fully saturated rings. The van der Waals surface area contributed by atoms with Crippen molar-refractivity contribution in [3.05, 3.63) is 0 Å². The van der Waals surface area contributed by atoms with Gasteiger partial charge in [0.2, 0.25) is 0 Å². The van der Waals surface area contributed by atoms with Crippen molar-refractivity contribution in [3.8, 4) is 0 Å². The molecule has 0 aromatic rings. The maximum Gasteiger partial charge on any atom is 0.0670 e. The Bertz CT molecular complexity index is 18.0. The van der Waals surface area contributed by atoms with Gasteiger partial charge in [0.25, 0.3) is 0 Å². The summed E-state index contributed by atoms with van der Waals surface area (Å²) in [6.07, 6.45) is 1.96. The van der Waals surface area contributed by atoms with Gasteiger partial charge >= 0.3 is 0 Å². The first-order valence-electron chi connectivity index (χ1n) is 1.01. The molecular weight excluding hydrogens is 52.0 g/mol. The monoisotopic (exact) mass is 57.0 g/mol. The third-order valence-corrected chi connectivity index (χ3v) is 0.102. The SMILES string of the molecule is N=[C]CN. The summed E-state index contributed by atoms with van der Waals surface area (Å²) < 4.78 is 0. The average molecular weight is 57.1 g/mol. The molecular formula is C2H5N2. The van der Waals surface area contributed by atoms with E-state index in [1.54, 1.807) is 0 Å². The number of rotatable bonds is 1. The minimum atomic E-state index is 0.236. The predicted molar refractivity (Wildman–Crippen MR) is 16.8 cm³/mol. The molecule has 0 aromatic carbocycles. The maximum absolute atomic E-state index is 6.08. The van der Waals surface area contributed by atoms with E-state index in [0.29, 0.717) is 0 Å². The summed E-state index contributed by atoms with van der Waals surface area (Å²) >= 11 is 0. The zero-order valence-electron chi connectivity index (χ0n) is 2.28. The molecule has 23 valence electrons. The quantitative estimate of drug-likeness (QED) is 0.390. The molecule has 0 spiro atoms. The highest BCUT2D eigenvalue weighted by Gasteiger charge is 1.48. The van der Waals surface area contributed by atoms with Gasteiger partial charge in [-0.05, 0) is 0 Å². The molecule has 2 nitrogen and oxygen atoms in total. The number of hydrogen-bond acceptors (Lipinski definition) is 2. The van der Waals surface area contributed by atoms with Crippen LogP contribution in [0.1, 0.15) is 0 Å². The molecule has 3 N–H and O–H groups in total. The molecule has 2 heteroatoms. The van der Waals surface area contributed by atoms with Crippen molar-refractivity contribution in [2.45, 2.75) is 0 Å². The average Bonchev–Trinajstić information content (AvgIpc) is 1.37. The van der Waals surface area contributed by atoms with Crippen molar-refractivity contribution in [3.63, 3.8) is 0 Å². The van der Waals surface area contributed by atoms with Crippen LogP contribution in [0.3, 0.4) is 0 Å². The fraction of sp³-hybridized carbons (Fsp3) is 0.500. The summed E-state index contributed by atoms with van der Waals surface area (Å²) in [6.45, 7) is 0.236. The first-order chi connectivity index (χ1) is 1.91. The summed E-state index contributed by atoms with van der Waals surface area (Å²) in [5.74, 6) is 0. The Morgan fingerprint density at radius 3 is 2.25 bits per heavy atom. The lowest BCUT2D eigenvalue weighted by atomic mass is 10.8. The van der Waals surface area contributed by atoms with Crippen molar-refractivity contribution < 1.29 is 0 Å². The van der Waals surface area contributed by atoms with Crippen molar-refractivity contribution in [2.75, 3.05) is 6.54 Å². The van der Waals surface area contributed by atoms with Crippen molar-refractivity contribution in [2.24, 2.45) is 5.73 Å². The second kappa shape index (κ2) is 2.63. The fourth-order valence-corrected chi connectivity index (χ4v) is 0. The van der Waals surface area contributed by atoms with Crippen molar-refractivity contribution in [1.29, 1.82) is 5.41 Å². The molecule has 0 aliphatic heterocycles. The molecule has 4 heavy (non-hydrogen) atoms. The van der Waals surface area contributed by atoms with E-state index in [9.17, 15) is 0 Å².